The topological polar surface area (TPSA) is 18.1 Å². The minimum absolute atomic E-state index is 0.298. The maximum Gasteiger partial charge on any atom is 0.145 e. The first-order chi connectivity index (χ1) is 15.2. The molecule has 2 heteroatoms. The third kappa shape index (κ3) is 2.28. The number of hydrogen-bond donors (Lipinski definition) is 0. The van der Waals surface area contributed by atoms with Crippen LogP contribution in [0.5, 0.6) is 0 Å². The average Bonchev–Trinajstić information content (AvgIpc) is 3.45. The van der Waals surface area contributed by atoms with Crippen molar-refractivity contribution in [2.24, 2.45) is 18.9 Å². The summed E-state index contributed by atoms with van der Waals surface area (Å²) in [5.41, 5.74) is 6.53. The molecule has 2 aromatic heterocycles. The maximum absolute atomic E-state index is 6.54. The van der Waals surface area contributed by atoms with Gasteiger partial charge in [0.05, 0.1) is 10.9 Å². The van der Waals surface area contributed by atoms with Crippen molar-refractivity contribution in [2.45, 2.75) is 50.9 Å². The van der Waals surface area contributed by atoms with Gasteiger partial charge in [0.1, 0.15) is 11.2 Å². The first-order valence-electron chi connectivity index (χ1n) is 12.0. The van der Waals surface area contributed by atoms with Crippen LogP contribution in [0.25, 0.3) is 43.7 Å². The Hall–Kier alpha value is -2.74. The van der Waals surface area contributed by atoms with E-state index in [0.717, 1.165) is 23.0 Å². The van der Waals surface area contributed by atoms with Crippen LogP contribution in [0.4, 0.5) is 0 Å². The van der Waals surface area contributed by atoms with Crippen molar-refractivity contribution in [3.63, 3.8) is 0 Å². The van der Waals surface area contributed by atoms with Crippen LogP contribution >= 0.6 is 0 Å². The zero-order valence-electron chi connectivity index (χ0n) is 18.4. The van der Waals surface area contributed by atoms with Crippen LogP contribution in [0.3, 0.4) is 0 Å². The summed E-state index contributed by atoms with van der Waals surface area (Å²) in [5, 5.41) is 5.20. The molecule has 3 aromatic carbocycles. The third-order valence-electron chi connectivity index (χ3n) is 8.80. The van der Waals surface area contributed by atoms with E-state index in [4.69, 9.17) is 4.42 Å². The van der Waals surface area contributed by atoms with Crippen molar-refractivity contribution in [1.82, 2.24) is 4.57 Å². The molecule has 7 rings (SSSR count). The number of benzene rings is 3. The molecule has 2 fully saturated rings. The second kappa shape index (κ2) is 6.16. The van der Waals surface area contributed by atoms with Gasteiger partial charge in [-0.3, -0.25) is 0 Å². The lowest BCUT2D eigenvalue weighted by molar-refractivity contribution is 0.208. The Balaban J connectivity index is 1.63. The monoisotopic (exact) mass is 407 g/mol. The fraction of sp³-hybridized carbons (Fsp3) is 0.379. The molecule has 0 spiro atoms. The molecule has 156 valence electrons. The lowest BCUT2D eigenvalue weighted by Gasteiger charge is -2.41. The van der Waals surface area contributed by atoms with Gasteiger partial charge in [-0.1, -0.05) is 50.1 Å². The molecular weight excluding hydrogens is 378 g/mol. The van der Waals surface area contributed by atoms with Crippen LogP contribution in [-0.2, 0) is 12.5 Å². The lowest BCUT2D eigenvalue weighted by atomic mass is 9.63. The molecule has 2 unspecified atom stereocenters. The number of aromatic nitrogens is 1. The molecule has 31 heavy (non-hydrogen) atoms. The number of para-hydroxylation sites is 1. The highest BCUT2D eigenvalue weighted by Crippen LogP contribution is 2.55. The smallest absolute Gasteiger partial charge is 0.145 e. The van der Waals surface area contributed by atoms with Gasteiger partial charge in [-0.2, -0.15) is 0 Å². The quantitative estimate of drug-likeness (QED) is 0.289. The van der Waals surface area contributed by atoms with E-state index in [1.807, 2.05) is 0 Å². The number of aryl methyl sites for hydroxylation is 1. The number of furan rings is 1. The van der Waals surface area contributed by atoms with Crippen molar-refractivity contribution < 1.29 is 4.42 Å². The minimum atomic E-state index is 0.298. The maximum atomic E-state index is 6.54. The molecule has 2 heterocycles. The number of rotatable bonds is 2. The van der Waals surface area contributed by atoms with Gasteiger partial charge in [-0.25, -0.2) is 0 Å². The second-order valence-corrected chi connectivity index (χ2v) is 10.3. The van der Waals surface area contributed by atoms with Crippen LogP contribution in [-0.4, -0.2) is 4.57 Å². The molecule has 2 atom stereocenters. The van der Waals surface area contributed by atoms with Gasteiger partial charge in [0, 0.05) is 28.7 Å². The number of fused-ring (bicyclic) bond motifs is 9. The summed E-state index contributed by atoms with van der Waals surface area (Å²) in [6, 6.07) is 20.0. The van der Waals surface area contributed by atoms with Gasteiger partial charge >= 0.3 is 0 Å². The molecule has 0 amide bonds. The van der Waals surface area contributed by atoms with E-state index < -0.39 is 0 Å². The largest absolute Gasteiger partial charge is 0.455 e. The first kappa shape index (κ1) is 17.9. The van der Waals surface area contributed by atoms with Gasteiger partial charge < -0.3 is 8.98 Å². The Morgan fingerprint density at radius 1 is 0.871 bits per heavy atom. The number of nitrogens with zero attached hydrogens (tertiary/aromatic N) is 1. The zero-order chi connectivity index (χ0) is 20.7. The summed E-state index contributed by atoms with van der Waals surface area (Å²) in [5.74, 6) is 1.82. The van der Waals surface area contributed by atoms with Gasteiger partial charge in [-0.05, 0) is 72.8 Å². The Kier molecular flexibility index (Phi) is 3.55. The van der Waals surface area contributed by atoms with Gasteiger partial charge in [0.2, 0.25) is 0 Å². The number of hydrogen-bond acceptors (Lipinski definition) is 1. The molecule has 2 aliphatic rings. The highest BCUT2D eigenvalue weighted by atomic mass is 16.3. The highest BCUT2D eigenvalue weighted by Gasteiger charge is 2.44. The average molecular weight is 408 g/mol. The molecule has 2 aliphatic carbocycles. The fourth-order valence-electron chi connectivity index (χ4n) is 7.39. The van der Waals surface area contributed by atoms with Crippen LogP contribution in [0.15, 0.2) is 59.0 Å². The Labute approximate surface area is 182 Å². The van der Waals surface area contributed by atoms with Crippen molar-refractivity contribution in [2.75, 3.05) is 0 Å². The van der Waals surface area contributed by atoms with E-state index in [1.54, 1.807) is 5.56 Å². The molecule has 0 N–H and O–H groups in total. The predicted octanol–water partition coefficient (Wildman–Crippen LogP) is 8.09. The van der Waals surface area contributed by atoms with Gasteiger partial charge in [0.25, 0.3) is 0 Å². The van der Waals surface area contributed by atoms with Crippen molar-refractivity contribution in [3.05, 3.63) is 60.2 Å². The summed E-state index contributed by atoms with van der Waals surface area (Å²) in [4.78, 5) is 0. The third-order valence-corrected chi connectivity index (χ3v) is 8.80. The van der Waals surface area contributed by atoms with E-state index in [2.05, 4.69) is 73.1 Å². The van der Waals surface area contributed by atoms with E-state index in [1.165, 1.54) is 71.1 Å². The SMILES string of the molecule is CCC1(c2cccc3c2c2c4oc5ccccc5c4ccc2n3C)CC2CCC(C2)C1. The Morgan fingerprint density at radius 2 is 1.65 bits per heavy atom. The fourth-order valence-corrected chi connectivity index (χ4v) is 7.39. The van der Waals surface area contributed by atoms with Crippen molar-refractivity contribution in [3.8, 4) is 0 Å². The molecule has 2 bridgehead atoms. The van der Waals surface area contributed by atoms with Gasteiger partial charge in [-0.15, -0.1) is 0 Å². The summed E-state index contributed by atoms with van der Waals surface area (Å²) >= 11 is 0. The van der Waals surface area contributed by atoms with Crippen molar-refractivity contribution in [1.29, 1.82) is 0 Å². The zero-order valence-corrected chi connectivity index (χ0v) is 18.4. The minimum Gasteiger partial charge on any atom is -0.455 e. The van der Waals surface area contributed by atoms with Crippen LogP contribution in [0.1, 0.15) is 51.0 Å². The van der Waals surface area contributed by atoms with E-state index in [9.17, 15) is 0 Å². The molecule has 2 saturated carbocycles. The molecule has 2 nitrogen and oxygen atoms in total. The van der Waals surface area contributed by atoms with Crippen LogP contribution in [0.2, 0.25) is 0 Å². The van der Waals surface area contributed by atoms with E-state index >= 15 is 0 Å². The molecular formula is C29H29NO. The summed E-state index contributed by atoms with van der Waals surface area (Å²) < 4.78 is 8.91. The molecule has 0 radical (unpaired) electrons. The summed E-state index contributed by atoms with van der Waals surface area (Å²) in [6.07, 6.45) is 8.27. The summed E-state index contributed by atoms with van der Waals surface area (Å²) in [6.45, 7) is 2.42. The molecule has 0 aliphatic heterocycles. The van der Waals surface area contributed by atoms with E-state index in [0.29, 0.717) is 5.41 Å². The lowest BCUT2D eigenvalue weighted by Crippen LogP contribution is -2.33. The van der Waals surface area contributed by atoms with Crippen LogP contribution in [0, 0.1) is 11.8 Å². The standard InChI is InChI=1S/C29H29NO/c1-3-29(16-18-11-12-19(15-18)17-29)22-8-6-9-23-26(22)27-24(30(23)2)14-13-21-20-7-4-5-10-25(20)31-28(21)27/h4-10,13-14,18-19H,3,11-12,15-17H2,1-2H3. The summed E-state index contributed by atoms with van der Waals surface area (Å²) in [7, 11) is 2.21. The van der Waals surface area contributed by atoms with Crippen LogP contribution < -0.4 is 0 Å². The molecule has 5 aromatic rings. The van der Waals surface area contributed by atoms with Gasteiger partial charge in [0.15, 0.2) is 0 Å². The second-order valence-electron chi connectivity index (χ2n) is 10.3. The van der Waals surface area contributed by atoms with E-state index in [-0.39, 0.29) is 0 Å². The first-order valence-corrected chi connectivity index (χ1v) is 12.0. The Bertz CT molecular complexity index is 1470. The predicted molar refractivity (Wildman–Crippen MR) is 130 cm³/mol. The normalized spacial score (nSPS) is 26.0. The van der Waals surface area contributed by atoms with Crippen molar-refractivity contribution >= 4 is 43.7 Å². The molecule has 0 saturated heterocycles. The Morgan fingerprint density at radius 3 is 2.45 bits per heavy atom. The highest BCUT2D eigenvalue weighted by molar-refractivity contribution is 6.24.